The molecule has 0 aliphatic heterocycles. The monoisotopic (exact) mass is 419 g/mol. The molecule has 1 atom stereocenters. The van der Waals surface area contributed by atoms with E-state index in [0.29, 0.717) is 23.0 Å². The van der Waals surface area contributed by atoms with Gasteiger partial charge in [0.25, 0.3) is 5.91 Å². The van der Waals surface area contributed by atoms with Crippen LogP contribution in [0.15, 0.2) is 46.9 Å². The standard InChI is InChI=1S/C18H18BrN3O4/c19-15-4-2-14(3-5-15)18(20,17(26)22-11-24)10-21-8-13-7-16(25)6-1-12(13)9-23/h1-7,9,11,21,25H,8,10,20H2,(H,22,24,26). The predicted molar refractivity (Wildman–Crippen MR) is 99.4 cm³/mol. The van der Waals surface area contributed by atoms with E-state index in [4.69, 9.17) is 5.73 Å². The van der Waals surface area contributed by atoms with Gasteiger partial charge in [-0.2, -0.15) is 0 Å². The summed E-state index contributed by atoms with van der Waals surface area (Å²) in [7, 11) is 0. The van der Waals surface area contributed by atoms with Gasteiger partial charge in [-0.25, -0.2) is 0 Å². The molecule has 5 N–H and O–H groups in total. The molecular formula is C18H18BrN3O4. The maximum Gasteiger partial charge on any atom is 0.252 e. The molecule has 2 rings (SSSR count). The molecule has 0 spiro atoms. The van der Waals surface area contributed by atoms with Gasteiger partial charge in [0, 0.05) is 23.1 Å². The number of aromatic hydroxyl groups is 1. The zero-order valence-electron chi connectivity index (χ0n) is 13.7. The number of imide groups is 1. The number of carbonyl (C=O) groups excluding carboxylic acids is 3. The van der Waals surface area contributed by atoms with Gasteiger partial charge in [0.15, 0.2) is 0 Å². The van der Waals surface area contributed by atoms with E-state index in [9.17, 15) is 19.5 Å². The van der Waals surface area contributed by atoms with Crippen LogP contribution in [0.25, 0.3) is 0 Å². The molecule has 0 bridgehead atoms. The summed E-state index contributed by atoms with van der Waals surface area (Å²) in [6, 6.07) is 11.2. The van der Waals surface area contributed by atoms with Crippen LogP contribution in [0.3, 0.4) is 0 Å². The van der Waals surface area contributed by atoms with Crippen molar-refractivity contribution in [2.75, 3.05) is 6.54 Å². The van der Waals surface area contributed by atoms with Gasteiger partial charge in [0.05, 0.1) is 0 Å². The molecule has 2 aromatic rings. The summed E-state index contributed by atoms with van der Waals surface area (Å²) < 4.78 is 0.822. The third kappa shape index (κ3) is 4.54. The maximum absolute atomic E-state index is 12.4. The molecule has 26 heavy (non-hydrogen) atoms. The van der Waals surface area contributed by atoms with Crippen molar-refractivity contribution in [2.24, 2.45) is 5.73 Å². The number of halogens is 1. The van der Waals surface area contributed by atoms with Crippen LogP contribution < -0.4 is 16.4 Å². The second-order valence-corrected chi connectivity index (χ2v) is 6.59. The number of hydrogen-bond acceptors (Lipinski definition) is 6. The smallest absolute Gasteiger partial charge is 0.252 e. The predicted octanol–water partition coefficient (Wildman–Crippen LogP) is 1.18. The topological polar surface area (TPSA) is 122 Å². The van der Waals surface area contributed by atoms with Gasteiger partial charge in [-0.05, 0) is 41.5 Å². The van der Waals surface area contributed by atoms with E-state index in [1.807, 2.05) is 0 Å². The summed E-state index contributed by atoms with van der Waals surface area (Å²) in [4.78, 5) is 34.1. The van der Waals surface area contributed by atoms with Gasteiger partial charge in [-0.1, -0.05) is 28.1 Å². The summed E-state index contributed by atoms with van der Waals surface area (Å²) in [6.07, 6.45) is 0.961. The number of nitrogens with one attached hydrogen (secondary N) is 2. The number of hydrogen-bond donors (Lipinski definition) is 4. The van der Waals surface area contributed by atoms with Gasteiger partial charge in [-0.15, -0.1) is 0 Å². The summed E-state index contributed by atoms with van der Waals surface area (Å²) in [5, 5.41) is 14.7. The average Bonchev–Trinajstić information content (AvgIpc) is 2.62. The Hall–Kier alpha value is -2.55. The summed E-state index contributed by atoms with van der Waals surface area (Å²) in [5.41, 5.74) is 6.29. The van der Waals surface area contributed by atoms with Gasteiger partial charge in [-0.3, -0.25) is 19.7 Å². The Bertz CT molecular complexity index is 811. The summed E-state index contributed by atoms with van der Waals surface area (Å²) >= 11 is 3.32. The first-order valence-electron chi connectivity index (χ1n) is 7.68. The van der Waals surface area contributed by atoms with E-state index in [0.717, 1.165) is 4.47 Å². The lowest BCUT2D eigenvalue weighted by atomic mass is 9.89. The Morgan fingerprint density at radius 2 is 1.88 bits per heavy atom. The minimum Gasteiger partial charge on any atom is -0.508 e. The van der Waals surface area contributed by atoms with Crippen molar-refractivity contribution >= 4 is 34.5 Å². The van der Waals surface area contributed by atoms with Crippen LogP contribution in [0.5, 0.6) is 5.75 Å². The number of aldehydes is 1. The number of amides is 2. The second-order valence-electron chi connectivity index (χ2n) is 5.67. The second kappa shape index (κ2) is 8.70. The molecule has 0 radical (unpaired) electrons. The average molecular weight is 420 g/mol. The van der Waals surface area contributed by atoms with Crippen LogP contribution in [0.2, 0.25) is 0 Å². The number of phenolic OH excluding ortho intramolecular Hbond substituents is 1. The van der Waals surface area contributed by atoms with E-state index in [-0.39, 0.29) is 25.2 Å². The Labute approximate surface area is 158 Å². The Morgan fingerprint density at radius 3 is 2.50 bits per heavy atom. The van der Waals surface area contributed by atoms with E-state index < -0.39 is 11.4 Å². The van der Waals surface area contributed by atoms with Crippen LogP contribution >= 0.6 is 15.9 Å². The van der Waals surface area contributed by atoms with E-state index in [1.165, 1.54) is 18.2 Å². The molecule has 0 saturated carbocycles. The van der Waals surface area contributed by atoms with Crippen LogP contribution in [-0.4, -0.2) is 30.3 Å². The van der Waals surface area contributed by atoms with Gasteiger partial charge < -0.3 is 16.2 Å². The van der Waals surface area contributed by atoms with Gasteiger partial charge in [0.2, 0.25) is 6.41 Å². The fourth-order valence-corrected chi connectivity index (χ4v) is 2.76. The molecule has 7 nitrogen and oxygen atoms in total. The first-order chi connectivity index (χ1) is 12.4. The highest BCUT2D eigenvalue weighted by Gasteiger charge is 2.35. The number of nitrogens with two attached hydrogens (primary N) is 1. The highest BCUT2D eigenvalue weighted by molar-refractivity contribution is 9.10. The summed E-state index contributed by atoms with van der Waals surface area (Å²) in [5.74, 6) is -0.633. The lowest BCUT2D eigenvalue weighted by molar-refractivity contribution is -0.129. The SMILES string of the molecule is NC(CNCc1cc(O)ccc1C=O)(C(=O)NC=O)c1ccc(Br)cc1. The fraction of sp³-hybridized carbons (Fsp3) is 0.167. The highest BCUT2D eigenvalue weighted by Crippen LogP contribution is 2.21. The largest absolute Gasteiger partial charge is 0.508 e. The van der Waals surface area contributed by atoms with Crippen molar-refractivity contribution in [3.05, 3.63) is 63.6 Å². The third-order valence-electron chi connectivity index (χ3n) is 3.93. The maximum atomic E-state index is 12.4. The molecule has 0 heterocycles. The first-order valence-corrected chi connectivity index (χ1v) is 8.47. The number of carbonyl (C=O) groups is 3. The molecule has 136 valence electrons. The first kappa shape index (κ1) is 19.8. The highest BCUT2D eigenvalue weighted by atomic mass is 79.9. The fourth-order valence-electron chi connectivity index (χ4n) is 2.50. The minimum absolute atomic E-state index is 0.00224. The molecule has 8 heteroatoms. The van der Waals surface area contributed by atoms with E-state index in [2.05, 4.69) is 26.6 Å². The third-order valence-corrected chi connectivity index (χ3v) is 4.46. The van der Waals surface area contributed by atoms with Crippen molar-refractivity contribution in [3.63, 3.8) is 0 Å². The zero-order valence-corrected chi connectivity index (χ0v) is 15.3. The molecule has 1 unspecified atom stereocenters. The molecule has 2 aromatic carbocycles. The molecule has 2 amide bonds. The molecule has 0 saturated heterocycles. The quantitative estimate of drug-likeness (QED) is 0.476. The van der Waals surface area contributed by atoms with Crippen molar-refractivity contribution in [1.82, 2.24) is 10.6 Å². The lowest BCUT2D eigenvalue weighted by Crippen LogP contribution is -2.56. The van der Waals surface area contributed by atoms with Crippen LogP contribution in [-0.2, 0) is 21.7 Å². The normalized spacial score (nSPS) is 12.8. The van der Waals surface area contributed by atoms with Crippen molar-refractivity contribution < 1.29 is 19.5 Å². The Kier molecular flexibility index (Phi) is 6.62. The molecule has 0 fully saturated rings. The Morgan fingerprint density at radius 1 is 1.19 bits per heavy atom. The van der Waals surface area contributed by atoms with Gasteiger partial charge in [0.1, 0.15) is 17.6 Å². The van der Waals surface area contributed by atoms with E-state index >= 15 is 0 Å². The molecule has 0 aliphatic carbocycles. The van der Waals surface area contributed by atoms with Crippen molar-refractivity contribution in [1.29, 1.82) is 0 Å². The van der Waals surface area contributed by atoms with E-state index in [1.54, 1.807) is 24.3 Å². The lowest BCUT2D eigenvalue weighted by Gasteiger charge is -2.28. The molecule has 0 aliphatic rings. The van der Waals surface area contributed by atoms with Crippen LogP contribution in [0.4, 0.5) is 0 Å². The minimum atomic E-state index is -1.50. The van der Waals surface area contributed by atoms with Crippen LogP contribution in [0.1, 0.15) is 21.5 Å². The Balaban J connectivity index is 2.21. The number of rotatable bonds is 8. The van der Waals surface area contributed by atoms with Crippen LogP contribution in [0, 0.1) is 0 Å². The summed E-state index contributed by atoms with van der Waals surface area (Å²) in [6.45, 7) is 0.203. The van der Waals surface area contributed by atoms with Crippen molar-refractivity contribution in [3.8, 4) is 5.75 Å². The molecule has 0 aromatic heterocycles. The van der Waals surface area contributed by atoms with Crippen molar-refractivity contribution in [2.45, 2.75) is 12.1 Å². The van der Waals surface area contributed by atoms with Gasteiger partial charge >= 0.3 is 0 Å². The number of phenols is 1. The molecular weight excluding hydrogens is 402 g/mol. The number of benzene rings is 2. The zero-order chi connectivity index (χ0) is 19.2.